The van der Waals surface area contributed by atoms with Gasteiger partial charge in [0.25, 0.3) is 0 Å². The molecule has 0 aliphatic rings. The Morgan fingerprint density at radius 3 is 2.38 bits per heavy atom. The second-order valence-corrected chi connectivity index (χ2v) is 3.93. The van der Waals surface area contributed by atoms with E-state index in [9.17, 15) is 4.79 Å². The first kappa shape index (κ1) is 12.5. The Kier molecular flexibility index (Phi) is 4.77. The van der Waals surface area contributed by atoms with E-state index in [1.165, 1.54) is 11.1 Å². The number of carbonyl (C=O) groups excluding carboxylic acids is 1. The molecule has 86 valence electrons. The van der Waals surface area contributed by atoms with Crippen LogP contribution in [0.2, 0.25) is 0 Å². The maximum Gasteiger partial charge on any atom is 0.219 e. The number of likely N-dealkylation sites (N-methyl/N-ethyl adjacent to an activating group) is 1. The molecule has 0 saturated carbocycles. The van der Waals surface area contributed by atoms with Crippen LogP contribution in [0.3, 0.4) is 0 Å². The van der Waals surface area contributed by atoms with Crippen molar-refractivity contribution in [3.8, 4) is 0 Å². The lowest BCUT2D eigenvalue weighted by Crippen LogP contribution is -2.29. The zero-order valence-corrected chi connectivity index (χ0v) is 10.2. The van der Waals surface area contributed by atoms with Crippen LogP contribution in [0, 0.1) is 0 Å². The van der Waals surface area contributed by atoms with Gasteiger partial charge in [0, 0.05) is 20.0 Å². The van der Waals surface area contributed by atoms with Crippen molar-refractivity contribution < 1.29 is 4.79 Å². The fourth-order valence-electron chi connectivity index (χ4n) is 1.63. The van der Waals surface area contributed by atoms with Gasteiger partial charge in [0.1, 0.15) is 0 Å². The summed E-state index contributed by atoms with van der Waals surface area (Å²) in [6, 6.07) is 10.2. The van der Waals surface area contributed by atoms with E-state index in [1.54, 1.807) is 6.92 Å². The lowest BCUT2D eigenvalue weighted by Gasteiger charge is -2.19. The second-order valence-electron chi connectivity index (χ2n) is 3.93. The number of rotatable bonds is 4. The van der Waals surface area contributed by atoms with Gasteiger partial charge in [0.15, 0.2) is 0 Å². The van der Waals surface area contributed by atoms with Crippen LogP contribution in [0.15, 0.2) is 35.9 Å². The van der Waals surface area contributed by atoms with Crippen molar-refractivity contribution >= 4 is 12.0 Å². The molecule has 0 fully saturated rings. The fourth-order valence-corrected chi connectivity index (χ4v) is 1.63. The molecule has 0 unspecified atom stereocenters. The summed E-state index contributed by atoms with van der Waals surface area (Å²) in [4.78, 5) is 13.1. The molecule has 2 heteroatoms. The predicted octanol–water partition coefficient (Wildman–Crippen LogP) is 2.96. The second kappa shape index (κ2) is 6.11. The molecule has 16 heavy (non-hydrogen) atoms. The van der Waals surface area contributed by atoms with Crippen LogP contribution in [0.4, 0.5) is 0 Å². The van der Waals surface area contributed by atoms with E-state index in [0.717, 1.165) is 6.54 Å². The van der Waals surface area contributed by atoms with Crippen molar-refractivity contribution in [2.45, 2.75) is 20.8 Å². The average Bonchev–Trinajstić information content (AvgIpc) is 2.27. The summed E-state index contributed by atoms with van der Waals surface area (Å²) >= 11 is 0. The molecule has 0 aliphatic heterocycles. The summed E-state index contributed by atoms with van der Waals surface area (Å²) in [5.41, 5.74) is 2.38. The van der Waals surface area contributed by atoms with E-state index < -0.39 is 0 Å². The number of hydrogen-bond donors (Lipinski definition) is 0. The molecule has 0 aromatic heterocycles. The molecular formula is C14H19NO. The summed E-state index contributed by atoms with van der Waals surface area (Å²) < 4.78 is 0. The fraction of sp³-hybridized carbons (Fsp3) is 0.357. The maximum absolute atomic E-state index is 11.3. The van der Waals surface area contributed by atoms with Crippen molar-refractivity contribution in [2.24, 2.45) is 0 Å². The monoisotopic (exact) mass is 217 g/mol. The van der Waals surface area contributed by atoms with Crippen LogP contribution < -0.4 is 0 Å². The van der Waals surface area contributed by atoms with Gasteiger partial charge in [-0.2, -0.15) is 0 Å². The van der Waals surface area contributed by atoms with Crippen LogP contribution in [0.1, 0.15) is 26.3 Å². The smallest absolute Gasteiger partial charge is 0.219 e. The largest absolute Gasteiger partial charge is 0.339 e. The molecule has 0 heterocycles. The number of carbonyl (C=O) groups is 1. The van der Waals surface area contributed by atoms with Gasteiger partial charge in [-0.05, 0) is 19.4 Å². The first-order chi connectivity index (χ1) is 7.63. The van der Waals surface area contributed by atoms with E-state index in [1.807, 2.05) is 30.0 Å². The van der Waals surface area contributed by atoms with Crippen molar-refractivity contribution in [1.82, 2.24) is 4.90 Å². The molecule has 0 atom stereocenters. The molecule has 2 nitrogen and oxygen atoms in total. The number of nitrogens with zero attached hydrogens (tertiary/aromatic N) is 1. The Morgan fingerprint density at radius 1 is 1.25 bits per heavy atom. The minimum Gasteiger partial charge on any atom is -0.339 e. The molecule has 0 spiro atoms. The lowest BCUT2D eigenvalue weighted by atomic mass is 10.1. The molecule has 0 bridgehead atoms. The highest BCUT2D eigenvalue weighted by atomic mass is 16.2. The topological polar surface area (TPSA) is 20.3 Å². The molecule has 1 amide bonds. The van der Waals surface area contributed by atoms with Crippen LogP contribution in [-0.2, 0) is 4.79 Å². The number of hydrogen-bond acceptors (Lipinski definition) is 1. The van der Waals surface area contributed by atoms with Gasteiger partial charge in [0.2, 0.25) is 5.91 Å². The van der Waals surface area contributed by atoms with Gasteiger partial charge >= 0.3 is 0 Å². The Balaban J connectivity index is 2.68. The van der Waals surface area contributed by atoms with Crippen LogP contribution in [0.5, 0.6) is 0 Å². The Morgan fingerprint density at radius 2 is 1.88 bits per heavy atom. The predicted molar refractivity (Wildman–Crippen MR) is 68.0 cm³/mol. The Bertz CT molecular complexity index is 368. The summed E-state index contributed by atoms with van der Waals surface area (Å²) in [5.74, 6) is 0.128. The molecule has 0 N–H and O–H groups in total. The molecule has 1 rings (SSSR count). The van der Waals surface area contributed by atoms with E-state index in [2.05, 4.69) is 25.1 Å². The number of amides is 1. The minimum absolute atomic E-state index is 0.128. The van der Waals surface area contributed by atoms with Gasteiger partial charge in [-0.1, -0.05) is 42.0 Å². The maximum atomic E-state index is 11.3. The zero-order valence-electron chi connectivity index (χ0n) is 10.2. The highest BCUT2D eigenvalue weighted by molar-refractivity contribution is 5.73. The molecule has 0 aliphatic carbocycles. The van der Waals surface area contributed by atoms with Gasteiger partial charge in [-0.3, -0.25) is 4.79 Å². The first-order valence-electron chi connectivity index (χ1n) is 5.61. The zero-order chi connectivity index (χ0) is 12.0. The summed E-state index contributed by atoms with van der Waals surface area (Å²) in [6.07, 6.45) is 2.12. The third-order valence-corrected chi connectivity index (χ3v) is 2.48. The van der Waals surface area contributed by atoms with Gasteiger partial charge in [-0.25, -0.2) is 0 Å². The van der Waals surface area contributed by atoms with Crippen molar-refractivity contribution in [3.63, 3.8) is 0 Å². The summed E-state index contributed by atoms with van der Waals surface area (Å²) in [6.45, 7) is 7.13. The van der Waals surface area contributed by atoms with Crippen molar-refractivity contribution in [1.29, 1.82) is 0 Å². The number of benzene rings is 1. The molecular weight excluding hydrogens is 198 g/mol. The third-order valence-electron chi connectivity index (χ3n) is 2.48. The Hall–Kier alpha value is -1.57. The van der Waals surface area contributed by atoms with Gasteiger partial charge < -0.3 is 4.90 Å². The van der Waals surface area contributed by atoms with Crippen LogP contribution >= 0.6 is 0 Å². The molecule has 1 aromatic rings. The highest BCUT2D eigenvalue weighted by Gasteiger charge is 2.05. The minimum atomic E-state index is 0.128. The van der Waals surface area contributed by atoms with E-state index in [-0.39, 0.29) is 5.91 Å². The normalized spacial score (nSPS) is 11.3. The average molecular weight is 217 g/mol. The quantitative estimate of drug-likeness (QED) is 0.759. The van der Waals surface area contributed by atoms with Crippen LogP contribution in [-0.4, -0.2) is 23.9 Å². The van der Waals surface area contributed by atoms with Gasteiger partial charge in [-0.15, -0.1) is 0 Å². The van der Waals surface area contributed by atoms with E-state index >= 15 is 0 Å². The summed E-state index contributed by atoms with van der Waals surface area (Å²) in [7, 11) is 0. The molecule has 0 radical (unpaired) electrons. The van der Waals surface area contributed by atoms with Crippen LogP contribution in [0.25, 0.3) is 6.08 Å². The van der Waals surface area contributed by atoms with Crippen molar-refractivity contribution in [2.75, 3.05) is 13.1 Å². The highest BCUT2D eigenvalue weighted by Crippen LogP contribution is 2.07. The van der Waals surface area contributed by atoms with E-state index in [0.29, 0.717) is 6.54 Å². The Labute approximate surface area is 97.6 Å². The van der Waals surface area contributed by atoms with E-state index in [4.69, 9.17) is 0 Å². The first-order valence-corrected chi connectivity index (χ1v) is 5.61. The molecule has 1 aromatic carbocycles. The van der Waals surface area contributed by atoms with Gasteiger partial charge in [0.05, 0.1) is 0 Å². The lowest BCUT2D eigenvalue weighted by molar-refractivity contribution is -0.128. The third kappa shape index (κ3) is 3.89. The standard InChI is InChI=1S/C14H19NO/c1-4-15(13(3)16)11-12(2)10-14-8-6-5-7-9-14/h5-10H,4,11H2,1-3H3/b12-10+. The molecule has 0 saturated heterocycles. The SMILES string of the molecule is CCN(C/C(C)=C/c1ccccc1)C(C)=O. The van der Waals surface area contributed by atoms with Crippen molar-refractivity contribution in [3.05, 3.63) is 41.5 Å². The summed E-state index contributed by atoms with van der Waals surface area (Å²) in [5, 5.41) is 0.